The fourth-order valence-electron chi connectivity index (χ4n) is 2.75. The first-order valence-electron chi connectivity index (χ1n) is 8.44. The van der Waals surface area contributed by atoms with E-state index in [1.54, 1.807) is 50.9 Å². The van der Waals surface area contributed by atoms with E-state index in [1.807, 2.05) is 18.2 Å². The first kappa shape index (κ1) is 19.2. The fraction of sp³-hybridized carbons (Fsp3) is 0.158. The molecule has 3 rings (SSSR count). The van der Waals surface area contributed by atoms with Gasteiger partial charge in [-0.25, -0.2) is 21.5 Å². The number of methoxy groups -OCH3 is 2. The summed E-state index contributed by atoms with van der Waals surface area (Å²) >= 11 is 0. The summed E-state index contributed by atoms with van der Waals surface area (Å²) in [5.74, 6) is 13.2. The normalized spacial score (nSPS) is 10.4. The lowest BCUT2D eigenvalue weighted by atomic mass is 10.1. The molecule has 2 aromatic carbocycles. The van der Waals surface area contributed by atoms with E-state index in [9.17, 15) is 4.79 Å². The fourth-order valence-corrected chi connectivity index (χ4v) is 2.75. The van der Waals surface area contributed by atoms with Crippen LogP contribution in [0.5, 0.6) is 11.5 Å². The quantitative estimate of drug-likeness (QED) is 0.341. The highest BCUT2D eigenvalue weighted by Crippen LogP contribution is 2.32. The van der Waals surface area contributed by atoms with Gasteiger partial charge in [0.05, 0.1) is 32.6 Å². The number of carbonyl (C=O) groups excluding carboxylic acids is 1. The summed E-state index contributed by atoms with van der Waals surface area (Å²) < 4.78 is 10.6. The van der Waals surface area contributed by atoms with Crippen LogP contribution in [0, 0.1) is 0 Å². The van der Waals surface area contributed by atoms with Crippen molar-refractivity contribution in [3.63, 3.8) is 0 Å². The number of ether oxygens (including phenoxy) is 2. The standard InChI is InChI=1S/C19H22N6O3/c1-27-16-5-3-4-13(8-16)12-24(20)19(26)25(21)15-6-7-17(18(9-15)28-2)14-10-22-23-11-14/h3-11H,12,20-21H2,1-2H3,(H,22,23). The van der Waals surface area contributed by atoms with E-state index in [2.05, 4.69) is 10.2 Å². The lowest BCUT2D eigenvalue weighted by Gasteiger charge is -2.24. The van der Waals surface area contributed by atoms with Gasteiger partial charge in [0.1, 0.15) is 11.5 Å². The van der Waals surface area contributed by atoms with E-state index in [1.165, 1.54) is 0 Å². The van der Waals surface area contributed by atoms with E-state index >= 15 is 0 Å². The summed E-state index contributed by atoms with van der Waals surface area (Å²) in [5.41, 5.74) is 2.94. The summed E-state index contributed by atoms with van der Waals surface area (Å²) in [5, 5.41) is 8.69. The smallest absolute Gasteiger partial charge is 0.353 e. The van der Waals surface area contributed by atoms with Gasteiger partial charge in [0.2, 0.25) is 0 Å². The second kappa shape index (κ2) is 8.42. The van der Waals surface area contributed by atoms with Gasteiger partial charge in [-0.05, 0) is 29.8 Å². The van der Waals surface area contributed by atoms with Crippen molar-refractivity contribution in [3.05, 3.63) is 60.4 Å². The van der Waals surface area contributed by atoms with Crippen LogP contribution in [0.15, 0.2) is 54.9 Å². The Morgan fingerprint density at radius 2 is 1.96 bits per heavy atom. The maximum atomic E-state index is 12.6. The van der Waals surface area contributed by atoms with Crippen LogP contribution >= 0.6 is 0 Å². The average molecular weight is 382 g/mol. The van der Waals surface area contributed by atoms with Crippen molar-refractivity contribution < 1.29 is 14.3 Å². The number of carbonyl (C=O) groups is 1. The van der Waals surface area contributed by atoms with E-state index in [0.29, 0.717) is 17.2 Å². The van der Waals surface area contributed by atoms with Gasteiger partial charge >= 0.3 is 6.03 Å². The van der Waals surface area contributed by atoms with Gasteiger partial charge in [0, 0.05) is 23.4 Å². The number of nitrogens with zero attached hydrogens (tertiary/aromatic N) is 3. The monoisotopic (exact) mass is 382 g/mol. The number of rotatable bonds is 6. The Kier molecular flexibility index (Phi) is 5.78. The minimum Gasteiger partial charge on any atom is -0.497 e. The van der Waals surface area contributed by atoms with Gasteiger partial charge in [0.25, 0.3) is 0 Å². The number of amides is 2. The number of aromatic nitrogens is 2. The molecule has 0 atom stereocenters. The molecule has 3 aromatic rings. The topological polar surface area (TPSA) is 123 Å². The molecule has 28 heavy (non-hydrogen) atoms. The molecular weight excluding hydrogens is 360 g/mol. The molecule has 0 fully saturated rings. The molecule has 2 amide bonds. The van der Waals surface area contributed by atoms with E-state index in [4.69, 9.17) is 21.2 Å². The summed E-state index contributed by atoms with van der Waals surface area (Å²) in [6.45, 7) is 0.175. The van der Waals surface area contributed by atoms with Crippen LogP contribution in [-0.2, 0) is 6.54 Å². The van der Waals surface area contributed by atoms with Crippen molar-refractivity contribution >= 4 is 11.7 Å². The Morgan fingerprint density at radius 1 is 1.14 bits per heavy atom. The molecule has 0 radical (unpaired) electrons. The number of nitrogens with two attached hydrogens (primary N) is 2. The molecule has 0 saturated carbocycles. The number of aromatic amines is 1. The summed E-state index contributed by atoms with van der Waals surface area (Å²) in [6, 6.07) is 11.9. The molecule has 0 aliphatic heterocycles. The van der Waals surface area contributed by atoms with Crippen molar-refractivity contribution in [1.29, 1.82) is 0 Å². The number of hydrogen-bond acceptors (Lipinski definition) is 6. The second-order valence-corrected chi connectivity index (χ2v) is 6.00. The van der Waals surface area contributed by atoms with Gasteiger partial charge in [-0.15, -0.1) is 0 Å². The third-order valence-corrected chi connectivity index (χ3v) is 4.21. The number of hydrogen-bond donors (Lipinski definition) is 3. The first-order valence-corrected chi connectivity index (χ1v) is 8.44. The molecule has 0 saturated heterocycles. The number of H-pyrrole nitrogens is 1. The van der Waals surface area contributed by atoms with E-state index in [-0.39, 0.29) is 6.54 Å². The van der Waals surface area contributed by atoms with Crippen LogP contribution in [0.1, 0.15) is 5.56 Å². The molecule has 0 spiro atoms. The minimum atomic E-state index is -0.569. The molecular formula is C19H22N6O3. The van der Waals surface area contributed by atoms with Crippen LogP contribution in [0.4, 0.5) is 10.5 Å². The molecule has 0 unspecified atom stereocenters. The third kappa shape index (κ3) is 4.05. The molecule has 9 heteroatoms. The van der Waals surface area contributed by atoms with Gasteiger partial charge in [0.15, 0.2) is 0 Å². The number of anilines is 1. The van der Waals surface area contributed by atoms with Gasteiger partial charge in [-0.1, -0.05) is 12.1 Å². The predicted molar refractivity (Wildman–Crippen MR) is 105 cm³/mol. The summed E-state index contributed by atoms with van der Waals surface area (Å²) in [6.07, 6.45) is 3.43. The highest BCUT2D eigenvalue weighted by Gasteiger charge is 2.19. The van der Waals surface area contributed by atoms with Crippen LogP contribution in [0.3, 0.4) is 0 Å². The SMILES string of the molecule is COc1cccc(CN(N)C(=O)N(N)c2ccc(-c3cn[nH]c3)c(OC)c2)c1. The van der Waals surface area contributed by atoms with Crippen molar-refractivity contribution in [2.45, 2.75) is 6.54 Å². The zero-order chi connectivity index (χ0) is 20.1. The van der Waals surface area contributed by atoms with Gasteiger partial charge < -0.3 is 9.47 Å². The maximum Gasteiger partial charge on any atom is 0.353 e. The Balaban J connectivity index is 1.76. The van der Waals surface area contributed by atoms with Crippen LogP contribution < -0.4 is 26.2 Å². The number of benzene rings is 2. The van der Waals surface area contributed by atoms with Crippen molar-refractivity contribution in [2.24, 2.45) is 11.7 Å². The largest absolute Gasteiger partial charge is 0.497 e. The second-order valence-electron chi connectivity index (χ2n) is 6.00. The van der Waals surface area contributed by atoms with Crippen LogP contribution in [-0.4, -0.2) is 35.5 Å². The molecule has 9 nitrogen and oxygen atoms in total. The average Bonchev–Trinajstić information content (AvgIpc) is 3.26. The van der Waals surface area contributed by atoms with E-state index < -0.39 is 6.03 Å². The molecule has 146 valence electrons. The van der Waals surface area contributed by atoms with E-state index in [0.717, 1.165) is 26.7 Å². The van der Waals surface area contributed by atoms with Crippen LogP contribution in [0.2, 0.25) is 0 Å². The van der Waals surface area contributed by atoms with Gasteiger partial charge in [-0.2, -0.15) is 5.10 Å². The van der Waals surface area contributed by atoms with Crippen molar-refractivity contribution in [3.8, 4) is 22.6 Å². The maximum absolute atomic E-state index is 12.6. The Morgan fingerprint density at radius 3 is 2.64 bits per heavy atom. The predicted octanol–water partition coefficient (Wildman–Crippen LogP) is 2.27. The summed E-state index contributed by atoms with van der Waals surface area (Å²) in [4.78, 5) is 12.6. The zero-order valence-corrected chi connectivity index (χ0v) is 15.6. The molecule has 0 aliphatic carbocycles. The van der Waals surface area contributed by atoms with Gasteiger partial charge in [-0.3, -0.25) is 10.1 Å². The lowest BCUT2D eigenvalue weighted by Crippen LogP contribution is -2.50. The number of nitrogens with one attached hydrogen (secondary N) is 1. The van der Waals surface area contributed by atoms with Crippen molar-refractivity contribution in [2.75, 3.05) is 19.2 Å². The summed E-state index contributed by atoms with van der Waals surface area (Å²) in [7, 11) is 3.12. The molecule has 1 heterocycles. The lowest BCUT2D eigenvalue weighted by molar-refractivity contribution is 0.203. The Hall–Kier alpha value is -3.56. The Bertz CT molecular complexity index is 945. The molecule has 5 N–H and O–H groups in total. The molecule has 0 bridgehead atoms. The highest BCUT2D eigenvalue weighted by atomic mass is 16.5. The zero-order valence-electron chi connectivity index (χ0n) is 15.6. The van der Waals surface area contributed by atoms with Crippen LogP contribution in [0.25, 0.3) is 11.1 Å². The minimum absolute atomic E-state index is 0.175. The number of hydrazine groups is 2. The Labute approximate surface area is 162 Å². The molecule has 0 aliphatic rings. The van der Waals surface area contributed by atoms with Crippen molar-refractivity contribution in [1.82, 2.24) is 15.2 Å². The number of urea groups is 1. The third-order valence-electron chi connectivity index (χ3n) is 4.21. The first-order chi connectivity index (χ1) is 13.5. The molecule has 1 aromatic heterocycles. The highest BCUT2D eigenvalue weighted by molar-refractivity contribution is 5.91.